The minimum absolute atomic E-state index is 0.180. The molecule has 0 spiro atoms. The summed E-state index contributed by atoms with van der Waals surface area (Å²) in [6, 6.07) is 4.30. The normalized spacial score (nSPS) is 21.6. The van der Waals surface area contributed by atoms with Crippen LogP contribution < -0.4 is 5.32 Å². The van der Waals surface area contributed by atoms with Crippen molar-refractivity contribution in [2.24, 2.45) is 5.41 Å². The highest BCUT2D eigenvalue weighted by atomic mass is 16.5. The second-order valence-corrected chi connectivity index (χ2v) is 4.32. The standard InChI is InChI=1S/C11H17NO2/c1-8-4-5-9(14-8)10(12-3)11(2)6-13-7-11/h4-5,10,12H,6-7H2,1-3H3. The van der Waals surface area contributed by atoms with Gasteiger partial charge in [0.2, 0.25) is 0 Å². The smallest absolute Gasteiger partial charge is 0.121 e. The van der Waals surface area contributed by atoms with Gasteiger partial charge in [0.05, 0.1) is 19.3 Å². The van der Waals surface area contributed by atoms with E-state index in [2.05, 4.69) is 12.2 Å². The van der Waals surface area contributed by atoms with Gasteiger partial charge >= 0.3 is 0 Å². The van der Waals surface area contributed by atoms with Crippen LogP contribution in [0, 0.1) is 12.3 Å². The van der Waals surface area contributed by atoms with E-state index in [1.54, 1.807) is 0 Å². The molecule has 1 aromatic heterocycles. The Morgan fingerprint density at radius 2 is 2.14 bits per heavy atom. The lowest BCUT2D eigenvalue weighted by atomic mass is 9.79. The van der Waals surface area contributed by atoms with E-state index in [4.69, 9.17) is 9.15 Å². The molecule has 1 saturated heterocycles. The summed E-state index contributed by atoms with van der Waals surface area (Å²) in [6.45, 7) is 5.79. The van der Waals surface area contributed by atoms with Crippen LogP contribution in [0.3, 0.4) is 0 Å². The lowest BCUT2D eigenvalue weighted by Gasteiger charge is -2.43. The third kappa shape index (κ3) is 1.47. The van der Waals surface area contributed by atoms with E-state index in [-0.39, 0.29) is 11.5 Å². The van der Waals surface area contributed by atoms with Crippen molar-refractivity contribution in [3.05, 3.63) is 23.7 Å². The molecule has 78 valence electrons. The summed E-state index contributed by atoms with van der Waals surface area (Å²) in [5, 5.41) is 3.30. The fourth-order valence-corrected chi connectivity index (χ4v) is 2.03. The zero-order valence-corrected chi connectivity index (χ0v) is 8.96. The van der Waals surface area contributed by atoms with E-state index < -0.39 is 0 Å². The van der Waals surface area contributed by atoms with Gasteiger partial charge in [0.15, 0.2) is 0 Å². The van der Waals surface area contributed by atoms with Crippen LogP contribution in [0.1, 0.15) is 24.5 Å². The summed E-state index contributed by atoms with van der Waals surface area (Å²) in [7, 11) is 1.96. The van der Waals surface area contributed by atoms with E-state index >= 15 is 0 Å². The third-order valence-corrected chi connectivity index (χ3v) is 2.89. The summed E-state index contributed by atoms with van der Waals surface area (Å²) in [6.07, 6.45) is 0. The average molecular weight is 195 g/mol. The number of hydrogen-bond donors (Lipinski definition) is 1. The molecule has 14 heavy (non-hydrogen) atoms. The van der Waals surface area contributed by atoms with Gasteiger partial charge in [-0.3, -0.25) is 0 Å². The number of rotatable bonds is 3. The molecule has 2 rings (SSSR count). The van der Waals surface area contributed by atoms with Gasteiger partial charge in [-0.1, -0.05) is 6.92 Å². The molecule has 1 aromatic rings. The van der Waals surface area contributed by atoms with Crippen LogP contribution in [-0.2, 0) is 4.74 Å². The summed E-state index contributed by atoms with van der Waals surface area (Å²) >= 11 is 0. The van der Waals surface area contributed by atoms with Gasteiger partial charge in [0, 0.05) is 5.41 Å². The monoisotopic (exact) mass is 195 g/mol. The van der Waals surface area contributed by atoms with E-state index in [1.807, 2.05) is 26.1 Å². The first-order valence-electron chi connectivity index (χ1n) is 4.97. The van der Waals surface area contributed by atoms with Crippen LogP contribution >= 0.6 is 0 Å². The van der Waals surface area contributed by atoms with Crippen molar-refractivity contribution in [2.45, 2.75) is 19.9 Å². The SMILES string of the molecule is CNC(c1ccc(C)o1)C1(C)COC1. The predicted molar refractivity (Wildman–Crippen MR) is 54.2 cm³/mol. The Labute approximate surface area is 84.4 Å². The molecule has 0 aliphatic carbocycles. The molecule has 1 N–H and O–H groups in total. The molecule has 0 saturated carbocycles. The maximum Gasteiger partial charge on any atom is 0.121 e. The Balaban J connectivity index is 2.21. The van der Waals surface area contributed by atoms with Crippen LogP contribution in [0.5, 0.6) is 0 Å². The highest BCUT2D eigenvalue weighted by Crippen LogP contribution is 2.40. The summed E-state index contributed by atoms with van der Waals surface area (Å²) < 4.78 is 10.9. The molecule has 0 aromatic carbocycles. The van der Waals surface area contributed by atoms with Gasteiger partial charge in [0.1, 0.15) is 11.5 Å². The fraction of sp³-hybridized carbons (Fsp3) is 0.636. The molecule has 0 radical (unpaired) electrons. The lowest BCUT2D eigenvalue weighted by molar-refractivity contribution is -0.124. The Bertz CT molecular complexity index is 315. The van der Waals surface area contributed by atoms with Crippen molar-refractivity contribution in [1.29, 1.82) is 0 Å². The van der Waals surface area contributed by atoms with Crippen molar-refractivity contribution in [3.63, 3.8) is 0 Å². The van der Waals surface area contributed by atoms with Crippen molar-refractivity contribution in [1.82, 2.24) is 5.32 Å². The molecule has 3 nitrogen and oxygen atoms in total. The quantitative estimate of drug-likeness (QED) is 0.799. The van der Waals surface area contributed by atoms with Crippen molar-refractivity contribution < 1.29 is 9.15 Å². The van der Waals surface area contributed by atoms with Gasteiger partial charge < -0.3 is 14.5 Å². The molecule has 1 aliphatic rings. The molecular weight excluding hydrogens is 178 g/mol. The molecule has 1 unspecified atom stereocenters. The number of aryl methyl sites for hydroxylation is 1. The molecule has 1 aliphatic heterocycles. The predicted octanol–water partition coefficient (Wildman–Crippen LogP) is 1.89. The third-order valence-electron chi connectivity index (χ3n) is 2.89. The minimum atomic E-state index is 0.180. The molecule has 3 heteroatoms. The molecular formula is C11H17NO2. The van der Waals surface area contributed by atoms with Crippen molar-refractivity contribution >= 4 is 0 Å². The molecule has 0 amide bonds. The number of nitrogens with one attached hydrogen (secondary N) is 1. The minimum Gasteiger partial charge on any atom is -0.465 e. The van der Waals surface area contributed by atoms with Crippen LogP contribution in [0.25, 0.3) is 0 Å². The summed E-state index contributed by atoms with van der Waals surface area (Å²) in [5.41, 5.74) is 0.180. The molecule has 2 heterocycles. The van der Waals surface area contributed by atoms with Crippen LogP contribution in [-0.4, -0.2) is 20.3 Å². The Kier molecular flexibility index (Phi) is 2.37. The average Bonchev–Trinajstić information content (AvgIpc) is 2.50. The summed E-state index contributed by atoms with van der Waals surface area (Å²) in [4.78, 5) is 0. The zero-order valence-electron chi connectivity index (χ0n) is 8.96. The largest absolute Gasteiger partial charge is 0.465 e. The molecule has 1 atom stereocenters. The van der Waals surface area contributed by atoms with Crippen LogP contribution in [0.4, 0.5) is 0 Å². The second-order valence-electron chi connectivity index (χ2n) is 4.32. The lowest BCUT2D eigenvalue weighted by Crippen LogP contribution is -2.48. The Morgan fingerprint density at radius 1 is 1.43 bits per heavy atom. The van der Waals surface area contributed by atoms with E-state index in [1.165, 1.54) is 0 Å². The van der Waals surface area contributed by atoms with E-state index in [9.17, 15) is 0 Å². The number of furan rings is 1. The maximum atomic E-state index is 5.64. The maximum absolute atomic E-state index is 5.64. The second kappa shape index (κ2) is 3.41. The number of hydrogen-bond acceptors (Lipinski definition) is 3. The van der Waals surface area contributed by atoms with Crippen LogP contribution in [0.2, 0.25) is 0 Å². The van der Waals surface area contributed by atoms with Gasteiger partial charge in [0.25, 0.3) is 0 Å². The van der Waals surface area contributed by atoms with E-state index in [0.717, 1.165) is 24.7 Å². The first-order chi connectivity index (χ1) is 6.65. The van der Waals surface area contributed by atoms with E-state index in [0.29, 0.717) is 0 Å². The van der Waals surface area contributed by atoms with Gasteiger partial charge in [-0.05, 0) is 26.1 Å². The van der Waals surface area contributed by atoms with Gasteiger partial charge in [-0.15, -0.1) is 0 Å². The molecule has 1 fully saturated rings. The summed E-state index contributed by atoms with van der Waals surface area (Å²) in [5.74, 6) is 1.97. The highest BCUT2D eigenvalue weighted by Gasteiger charge is 2.42. The first-order valence-corrected chi connectivity index (χ1v) is 4.97. The Morgan fingerprint density at radius 3 is 2.50 bits per heavy atom. The number of ether oxygens (including phenoxy) is 1. The van der Waals surface area contributed by atoms with Crippen LogP contribution in [0.15, 0.2) is 16.5 Å². The zero-order chi connectivity index (χ0) is 10.2. The van der Waals surface area contributed by atoms with Crippen molar-refractivity contribution in [2.75, 3.05) is 20.3 Å². The fourth-order valence-electron chi connectivity index (χ4n) is 2.03. The molecule has 0 bridgehead atoms. The van der Waals surface area contributed by atoms with Crippen molar-refractivity contribution in [3.8, 4) is 0 Å². The Hall–Kier alpha value is -0.800. The topological polar surface area (TPSA) is 34.4 Å². The first kappa shape index (κ1) is 9.74. The van der Waals surface area contributed by atoms with Gasteiger partial charge in [-0.25, -0.2) is 0 Å². The van der Waals surface area contributed by atoms with Gasteiger partial charge in [-0.2, -0.15) is 0 Å². The highest BCUT2D eigenvalue weighted by molar-refractivity contribution is 5.14.